The van der Waals surface area contributed by atoms with Crippen LogP contribution in [0.25, 0.3) is 0 Å². The third kappa shape index (κ3) is 1.66. The summed E-state index contributed by atoms with van der Waals surface area (Å²) in [7, 11) is 0. The molecule has 1 N–H and O–H groups in total. The first-order chi connectivity index (χ1) is 7.28. The Labute approximate surface area is 88.2 Å². The molecule has 1 aromatic heterocycles. The van der Waals surface area contributed by atoms with Crippen LogP contribution in [0.3, 0.4) is 0 Å². The lowest BCUT2D eigenvalue weighted by Gasteiger charge is -2.19. The maximum atomic E-state index is 5.55. The Balaban J connectivity index is 1.77. The van der Waals surface area contributed by atoms with Crippen molar-refractivity contribution in [3.8, 4) is 0 Å². The van der Waals surface area contributed by atoms with Gasteiger partial charge in [-0.2, -0.15) is 4.98 Å². The largest absolute Gasteiger partial charge is 0.366 e. The predicted octanol–water partition coefficient (Wildman–Crippen LogP) is 0.782. The highest BCUT2D eigenvalue weighted by atomic mass is 16.5. The van der Waals surface area contributed by atoms with Gasteiger partial charge in [0.2, 0.25) is 0 Å². The first-order valence-electron chi connectivity index (χ1n) is 5.44. The first kappa shape index (κ1) is 9.30. The van der Waals surface area contributed by atoms with Gasteiger partial charge in [-0.1, -0.05) is 12.1 Å². The Kier molecular flexibility index (Phi) is 2.03. The van der Waals surface area contributed by atoms with Crippen LogP contribution in [0.4, 0.5) is 0 Å². The Morgan fingerprint density at radius 2 is 2.33 bits per heavy atom. The number of morpholine rings is 1. The Hall–Kier alpha value is -0.940. The lowest BCUT2D eigenvalue weighted by Crippen LogP contribution is -2.33. The van der Waals surface area contributed by atoms with E-state index in [2.05, 4.69) is 22.4 Å². The maximum Gasteiger partial charge on any atom is 0.257 e. The van der Waals surface area contributed by atoms with Crippen LogP contribution in [0.5, 0.6) is 0 Å². The fraction of sp³-hybridized carbons (Fsp3) is 0.800. The van der Waals surface area contributed by atoms with Crippen molar-refractivity contribution in [3.63, 3.8) is 0 Å². The molecule has 1 atom stereocenters. The molecule has 2 aliphatic rings. The number of hydrogen-bond donors (Lipinski definition) is 1. The highest BCUT2D eigenvalue weighted by molar-refractivity contribution is 5.14. The molecule has 1 aliphatic heterocycles. The van der Waals surface area contributed by atoms with Gasteiger partial charge in [0.05, 0.1) is 6.61 Å². The summed E-state index contributed by atoms with van der Waals surface area (Å²) < 4.78 is 10.8. The van der Waals surface area contributed by atoms with Crippen molar-refractivity contribution in [3.05, 3.63) is 11.7 Å². The third-order valence-electron chi connectivity index (χ3n) is 3.18. The molecule has 82 valence electrons. The van der Waals surface area contributed by atoms with E-state index in [0.29, 0.717) is 12.5 Å². The number of ether oxygens (including phenoxy) is 1. The van der Waals surface area contributed by atoms with Gasteiger partial charge in [-0.25, -0.2) is 0 Å². The SMILES string of the molecule is CC1(c2noc(C3CNCCO3)n2)CC1. The van der Waals surface area contributed by atoms with E-state index in [1.807, 2.05) is 0 Å². The molecule has 1 saturated carbocycles. The minimum atomic E-state index is -0.0673. The minimum Gasteiger partial charge on any atom is -0.366 e. The highest BCUT2D eigenvalue weighted by Gasteiger charge is 2.44. The van der Waals surface area contributed by atoms with Gasteiger partial charge in [0.15, 0.2) is 5.82 Å². The molecule has 1 saturated heterocycles. The van der Waals surface area contributed by atoms with Crippen LogP contribution in [0.2, 0.25) is 0 Å². The lowest BCUT2D eigenvalue weighted by atomic mass is 10.1. The van der Waals surface area contributed by atoms with Crippen LogP contribution in [0.1, 0.15) is 37.6 Å². The average Bonchev–Trinajstić information content (AvgIpc) is 2.85. The molecule has 0 spiro atoms. The Morgan fingerprint density at radius 3 is 3.00 bits per heavy atom. The van der Waals surface area contributed by atoms with Crippen molar-refractivity contribution < 1.29 is 9.26 Å². The van der Waals surface area contributed by atoms with Crippen LogP contribution in [-0.2, 0) is 10.2 Å². The second-order valence-corrected chi connectivity index (χ2v) is 4.58. The summed E-state index contributed by atoms with van der Waals surface area (Å²) in [4.78, 5) is 4.42. The van der Waals surface area contributed by atoms with Crippen molar-refractivity contribution in [1.82, 2.24) is 15.5 Å². The second-order valence-electron chi connectivity index (χ2n) is 4.58. The van der Waals surface area contributed by atoms with Crippen LogP contribution in [0, 0.1) is 0 Å². The minimum absolute atomic E-state index is 0.0673. The summed E-state index contributed by atoms with van der Waals surface area (Å²) in [6, 6.07) is 0. The number of hydrogen-bond acceptors (Lipinski definition) is 5. The Bertz CT molecular complexity index is 353. The van der Waals surface area contributed by atoms with Crippen LogP contribution < -0.4 is 5.32 Å². The lowest BCUT2D eigenvalue weighted by molar-refractivity contribution is 0.00755. The number of rotatable bonds is 2. The van der Waals surface area contributed by atoms with E-state index in [9.17, 15) is 0 Å². The molecule has 0 aromatic carbocycles. The molecular formula is C10H15N3O2. The molecule has 0 amide bonds. The normalized spacial score (nSPS) is 29.0. The smallest absolute Gasteiger partial charge is 0.257 e. The molecule has 1 aromatic rings. The topological polar surface area (TPSA) is 60.2 Å². The van der Waals surface area contributed by atoms with Gasteiger partial charge in [-0.05, 0) is 12.8 Å². The zero-order chi connectivity index (χ0) is 10.3. The van der Waals surface area contributed by atoms with Crippen LogP contribution in [0.15, 0.2) is 4.52 Å². The second kappa shape index (κ2) is 3.28. The number of nitrogens with zero attached hydrogens (tertiary/aromatic N) is 2. The van der Waals surface area contributed by atoms with Gasteiger partial charge >= 0.3 is 0 Å². The zero-order valence-corrected chi connectivity index (χ0v) is 8.82. The van der Waals surface area contributed by atoms with Crippen molar-refractivity contribution in [1.29, 1.82) is 0 Å². The van der Waals surface area contributed by atoms with E-state index in [1.165, 1.54) is 0 Å². The maximum absolute atomic E-state index is 5.55. The molecule has 2 heterocycles. The standard InChI is InChI=1S/C10H15N3O2/c1-10(2-3-10)9-12-8(15-13-9)7-6-11-4-5-14-7/h7,11H,2-6H2,1H3. The zero-order valence-electron chi connectivity index (χ0n) is 8.82. The van der Waals surface area contributed by atoms with E-state index in [0.717, 1.165) is 31.8 Å². The van der Waals surface area contributed by atoms with Gasteiger partial charge in [-0.15, -0.1) is 0 Å². The molecule has 0 bridgehead atoms. The van der Waals surface area contributed by atoms with E-state index >= 15 is 0 Å². The molecule has 5 heteroatoms. The Morgan fingerprint density at radius 1 is 1.47 bits per heavy atom. The molecule has 5 nitrogen and oxygen atoms in total. The number of nitrogens with one attached hydrogen (secondary N) is 1. The molecule has 0 radical (unpaired) electrons. The third-order valence-corrected chi connectivity index (χ3v) is 3.18. The van der Waals surface area contributed by atoms with E-state index in [-0.39, 0.29) is 11.5 Å². The van der Waals surface area contributed by atoms with E-state index in [1.54, 1.807) is 0 Å². The average molecular weight is 209 g/mol. The predicted molar refractivity (Wildman–Crippen MR) is 52.4 cm³/mol. The molecular weight excluding hydrogens is 194 g/mol. The summed E-state index contributed by atoms with van der Waals surface area (Å²) in [5.74, 6) is 1.46. The van der Waals surface area contributed by atoms with Crippen molar-refractivity contribution in [2.24, 2.45) is 0 Å². The van der Waals surface area contributed by atoms with Gasteiger partial charge in [0, 0.05) is 18.5 Å². The summed E-state index contributed by atoms with van der Waals surface area (Å²) in [5, 5.41) is 7.28. The monoisotopic (exact) mass is 209 g/mol. The van der Waals surface area contributed by atoms with Gasteiger partial charge in [-0.3, -0.25) is 0 Å². The van der Waals surface area contributed by atoms with Crippen molar-refractivity contribution >= 4 is 0 Å². The summed E-state index contributed by atoms with van der Waals surface area (Å²) >= 11 is 0. The summed E-state index contributed by atoms with van der Waals surface area (Å²) in [6.07, 6.45) is 2.26. The fourth-order valence-electron chi connectivity index (χ4n) is 1.75. The molecule has 1 unspecified atom stereocenters. The van der Waals surface area contributed by atoms with Gasteiger partial charge in [0.25, 0.3) is 5.89 Å². The summed E-state index contributed by atoms with van der Waals surface area (Å²) in [6.45, 7) is 4.54. The summed E-state index contributed by atoms with van der Waals surface area (Å²) in [5.41, 5.74) is 0.170. The fourth-order valence-corrected chi connectivity index (χ4v) is 1.75. The van der Waals surface area contributed by atoms with Gasteiger partial charge in [0.1, 0.15) is 6.10 Å². The molecule has 3 rings (SSSR count). The molecule has 15 heavy (non-hydrogen) atoms. The van der Waals surface area contributed by atoms with E-state index < -0.39 is 0 Å². The van der Waals surface area contributed by atoms with Crippen LogP contribution in [-0.4, -0.2) is 29.8 Å². The van der Waals surface area contributed by atoms with E-state index in [4.69, 9.17) is 9.26 Å². The van der Waals surface area contributed by atoms with Crippen LogP contribution >= 0.6 is 0 Å². The van der Waals surface area contributed by atoms with Crippen molar-refractivity contribution in [2.75, 3.05) is 19.7 Å². The number of aromatic nitrogens is 2. The quantitative estimate of drug-likeness (QED) is 0.780. The molecule has 2 fully saturated rings. The first-order valence-corrected chi connectivity index (χ1v) is 5.44. The highest BCUT2D eigenvalue weighted by Crippen LogP contribution is 2.46. The van der Waals surface area contributed by atoms with Gasteiger partial charge < -0.3 is 14.6 Å². The molecule has 1 aliphatic carbocycles. The van der Waals surface area contributed by atoms with Crippen molar-refractivity contribution in [2.45, 2.75) is 31.3 Å².